The number of ether oxygens (including phenoxy) is 1. The molecule has 1 unspecified atom stereocenters. The number of amides is 1. The van der Waals surface area contributed by atoms with Crippen LogP contribution in [0.1, 0.15) is 11.4 Å². The van der Waals surface area contributed by atoms with Crippen LogP contribution in [0.2, 0.25) is 0 Å². The lowest BCUT2D eigenvalue weighted by Gasteiger charge is -2.27. The number of aliphatic imine (C=N–C) groups is 1. The van der Waals surface area contributed by atoms with Gasteiger partial charge in [-0.1, -0.05) is 0 Å². The molecule has 1 aromatic rings. The second-order valence-electron chi connectivity index (χ2n) is 6.15. The van der Waals surface area contributed by atoms with Gasteiger partial charge in [0, 0.05) is 48.6 Å². The zero-order valence-electron chi connectivity index (χ0n) is 15.1. The molecule has 1 amide bonds. The van der Waals surface area contributed by atoms with Gasteiger partial charge >= 0.3 is 12.6 Å². The number of allylic oxidation sites excluding steroid dienone is 2. The number of nitrogens with zero attached hydrogens (tertiary/aromatic N) is 3. The first-order chi connectivity index (χ1) is 13.5. The number of amidine groups is 1. The third kappa shape index (κ3) is 4.53. The second-order valence-corrected chi connectivity index (χ2v) is 7.04. The van der Waals surface area contributed by atoms with Gasteiger partial charge in [0.1, 0.15) is 0 Å². The molecule has 1 saturated heterocycles. The van der Waals surface area contributed by atoms with Crippen molar-refractivity contribution in [1.82, 2.24) is 20.5 Å². The molecule has 1 aromatic heterocycles. The first kappa shape index (κ1) is 19.9. The maximum Gasteiger partial charge on any atom is 0.406 e. The maximum atomic E-state index is 12.3. The van der Waals surface area contributed by atoms with Gasteiger partial charge in [-0.25, -0.2) is 9.78 Å². The minimum absolute atomic E-state index is 0.0292. The number of nitrogens with one attached hydrogen (secondary N) is 3. The highest BCUT2D eigenvalue weighted by molar-refractivity contribution is 7.11. The molecule has 3 heterocycles. The van der Waals surface area contributed by atoms with Crippen molar-refractivity contribution in [2.24, 2.45) is 10.9 Å². The van der Waals surface area contributed by atoms with Crippen LogP contribution in [0.4, 0.5) is 13.6 Å². The average molecular weight is 410 g/mol. The summed E-state index contributed by atoms with van der Waals surface area (Å²) < 4.78 is 29.7. The van der Waals surface area contributed by atoms with Gasteiger partial charge in [0.05, 0.1) is 18.9 Å². The highest BCUT2D eigenvalue weighted by Crippen LogP contribution is 2.34. The second kappa shape index (κ2) is 8.91. The van der Waals surface area contributed by atoms with E-state index < -0.39 is 12.6 Å². The van der Waals surface area contributed by atoms with Crippen LogP contribution in [0.15, 0.2) is 40.1 Å². The van der Waals surface area contributed by atoms with Crippen molar-refractivity contribution in [3.8, 4) is 0 Å². The summed E-state index contributed by atoms with van der Waals surface area (Å²) in [7, 11) is 1.50. The van der Waals surface area contributed by atoms with Crippen LogP contribution >= 0.6 is 11.3 Å². The highest BCUT2D eigenvalue weighted by atomic mass is 32.1. The minimum Gasteiger partial charge on any atom is -0.449 e. The lowest BCUT2D eigenvalue weighted by Crippen LogP contribution is -2.34. The number of alkyl halides is 2. The van der Waals surface area contributed by atoms with Crippen LogP contribution in [-0.4, -0.2) is 60.8 Å². The normalized spacial score (nSPS) is 19.1. The number of alkyl carbamates (subject to hydrolysis) is 1. The van der Waals surface area contributed by atoms with E-state index in [0.29, 0.717) is 18.5 Å². The fourth-order valence-electron chi connectivity index (χ4n) is 3.09. The number of carbonyl (C=O) groups is 1. The number of hydrogen-bond donors (Lipinski definition) is 3. The number of halogens is 2. The van der Waals surface area contributed by atoms with Gasteiger partial charge in [-0.15, -0.1) is 11.3 Å². The Morgan fingerprint density at radius 2 is 2.39 bits per heavy atom. The summed E-state index contributed by atoms with van der Waals surface area (Å²) in [6, 6.07) is 0. The van der Waals surface area contributed by atoms with Gasteiger partial charge in [-0.2, -0.15) is 8.78 Å². The van der Waals surface area contributed by atoms with Crippen LogP contribution in [0.25, 0.3) is 0 Å². The largest absolute Gasteiger partial charge is 0.449 e. The van der Waals surface area contributed by atoms with E-state index in [-0.39, 0.29) is 24.8 Å². The zero-order chi connectivity index (χ0) is 20.1. The quantitative estimate of drug-likeness (QED) is 0.472. The number of thiazole rings is 1. The molecular formula is C17H20F2N6O2S. The third-order valence-corrected chi connectivity index (χ3v) is 5.08. The number of rotatable bonds is 7. The van der Waals surface area contributed by atoms with E-state index in [9.17, 15) is 13.6 Å². The summed E-state index contributed by atoms with van der Waals surface area (Å²) in [6.07, 6.45) is 4.15. The van der Waals surface area contributed by atoms with E-state index in [4.69, 9.17) is 10.1 Å². The molecule has 2 aliphatic heterocycles. The average Bonchev–Trinajstić information content (AvgIpc) is 3.34. The molecule has 3 rings (SSSR count). The fraction of sp³-hybridized carbons (Fsp3) is 0.412. The van der Waals surface area contributed by atoms with Crippen LogP contribution in [0.5, 0.6) is 0 Å². The molecule has 1 fully saturated rings. The molecule has 3 N–H and O–H groups in total. The molecule has 11 heteroatoms. The van der Waals surface area contributed by atoms with E-state index in [1.807, 2.05) is 15.6 Å². The number of aromatic nitrogens is 1. The summed E-state index contributed by atoms with van der Waals surface area (Å²) >= 11 is 1.47. The fourth-order valence-corrected chi connectivity index (χ4v) is 3.74. The van der Waals surface area contributed by atoms with Gasteiger partial charge < -0.3 is 25.7 Å². The number of carbonyl (C=O) groups excluding carboxylic acids is 1. The van der Waals surface area contributed by atoms with Crippen molar-refractivity contribution in [2.75, 3.05) is 26.7 Å². The van der Waals surface area contributed by atoms with E-state index in [1.54, 1.807) is 6.20 Å². The monoisotopic (exact) mass is 410 g/mol. The first-order valence-electron chi connectivity index (χ1n) is 8.57. The van der Waals surface area contributed by atoms with E-state index >= 15 is 0 Å². The van der Waals surface area contributed by atoms with Crippen molar-refractivity contribution in [3.63, 3.8) is 0 Å². The Morgan fingerprint density at radius 3 is 3.07 bits per heavy atom. The van der Waals surface area contributed by atoms with Gasteiger partial charge in [0.2, 0.25) is 0 Å². The van der Waals surface area contributed by atoms with Crippen molar-refractivity contribution in [1.29, 1.82) is 5.41 Å². The van der Waals surface area contributed by atoms with Crippen LogP contribution < -0.4 is 10.6 Å². The Morgan fingerprint density at radius 1 is 1.57 bits per heavy atom. The lowest BCUT2D eigenvalue weighted by molar-refractivity contribution is 0.125. The predicted molar refractivity (Wildman–Crippen MR) is 102 cm³/mol. The highest BCUT2D eigenvalue weighted by Gasteiger charge is 2.36. The SMILES string of the molecule is CNC(=O)OCC1CC2=C(C(=N)/C=C\NC(F)F)CN=C(c3nccs3)N2C1. The molecule has 0 saturated carbocycles. The van der Waals surface area contributed by atoms with Crippen molar-refractivity contribution in [2.45, 2.75) is 13.0 Å². The van der Waals surface area contributed by atoms with Gasteiger partial charge in [0.25, 0.3) is 0 Å². The molecule has 150 valence electrons. The maximum absolute atomic E-state index is 12.3. The summed E-state index contributed by atoms with van der Waals surface area (Å²) in [6.45, 7) is -1.62. The topological polar surface area (TPSA) is 103 Å². The predicted octanol–water partition coefficient (Wildman–Crippen LogP) is 2.18. The smallest absolute Gasteiger partial charge is 0.406 e. The molecule has 0 spiro atoms. The zero-order valence-corrected chi connectivity index (χ0v) is 15.9. The first-order valence-corrected chi connectivity index (χ1v) is 9.45. The summed E-state index contributed by atoms with van der Waals surface area (Å²) in [4.78, 5) is 22.3. The summed E-state index contributed by atoms with van der Waals surface area (Å²) in [5, 5.41) is 15.1. The molecule has 28 heavy (non-hydrogen) atoms. The Hall–Kier alpha value is -2.82. The van der Waals surface area contributed by atoms with Crippen LogP contribution in [-0.2, 0) is 4.74 Å². The third-order valence-electron chi connectivity index (χ3n) is 4.31. The number of fused-ring (bicyclic) bond motifs is 1. The van der Waals surface area contributed by atoms with E-state index in [2.05, 4.69) is 15.3 Å². The molecule has 8 nitrogen and oxygen atoms in total. The van der Waals surface area contributed by atoms with Crippen molar-refractivity contribution >= 4 is 29.0 Å². The standard InChI is InChI=1S/C17H20F2N6O2S/c1-21-17(26)27-9-10-6-13-11(12(20)2-3-23-16(18)19)7-24-14(25(13)8-10)15-22-4-5-28-15/h2-5,10,16,20,23H,6-9H2,1H3,(H,21,26)/b3-2-,20-12?. The molecule has 2 aliphatic rings. The Labute approximate surface area is 164 Å². The summed E-state index contributed by atoms with van der Waals surface area (Å²) in [5.74, 6) is 0.750. The molecule has 1 atom stereocenters. The molecule has 0 aromatic carbocycles. The van der Waals surface area contributed by atoms with Crippen LogP contribution in [0.3, 0.4) is 0 Å². The van der Waals surface area contributed by atoms with Crippen LogP contribution in [0, 0.1) is 11.3 Å². The Balaban J connectivity index is 1.81. The van der Waals surface area contributed by atoms with Gasteiger partial charge in [-0.3, -0.25) is 4.99 Å². The van der Waals surface area contributed by atoms with Crippen molar-refractivity contribution in [3.05, 3.63) is 40.1 Å². The molecule has 0 radical (unpaired) electrons. The summed E-state index contributed by atoms with van der Waals surface area (Å²) in [5.41, 5.74) is 1.66. The Kier molecular flexibility index (Phi) is 6.34. The Bertz CT molecular complexity index is 822. The van der Waals surface area contributed by atoms with Crippen molar-refractivity contribution < 1.29 is 18.3 Å². The van der Waals surface area contributed by atoms with Gasteiger partial charge in [0.15, 0.2) is 10.8 Å². The molecule has 0 bridgehead atoms. The lowest BCUT2D eigenvalue weighted by atomic mass is 10.0. The molecular weight excluding hydrogens is 390 g/mol. The van der Waals surface area contributed by atoms with E-state index in [1.165, 1.54) is 24.5 Å². The minimum atomic E-state index is -2.68. The van der Waals surface area contributed by atoms with Gasteiger partial charge in [-0.05, 0) is 12.5 Å². The molecule has 0 aliphatic carbocycles. The number of hydrogen-bond acceptors (Lipinski definition) is 8. The van der Waals surface area contributed by atoms with E-state index in [0.717, 1.165) is 22.7 Å².